The summed E-state index contributed by atoms with van der Waals surface area (Å²) in [5, 5.41) is 6.38. The first-order valence-electron chi connectivity index (χ1n) is 10.4. The van der Waals surface area contributed by atoms with E-state index in [4.69, 9.17) is 9.15 Å². The number of hydrogen-bond acceptors (Lipinski definition) is 6. The van der Waals surface area contributed by atoms with Crippen molar-refractivity contribution in [2.75, 3.05) is 24.2 Å². The molecule has 0 aliphatic carbocycles. The largest absolute Gasteiger partial charge is 0.454 e. The van der Waals surface area contributed by atoms with Gasteiger partial charge in [0.05, 0.1) is 10.6 Å². The van der Waals surface area contributed by atoms with Gasteiger partial charge >= 0.3 is 5.76 Å². The van der Waals surface area contributed by atoms with Crippen LogP contribution in [0.5, 0.6) is 11.5 Å². The molecule has 0 fully saturated rings. The summed E-state index contributed by atoms with van der Waals surface area (Å²) in [6, 6.07) is 13.8. The molecule has 0 bridgehead atoms. The quantitative estimate of drug-likeness (QED) is 0.381. The second-order valence-electron chi connectivity index (χ2n) is 7.05. The Morgan fingerprint density at radius 1 is 1.10 bits per heavy atom. The van der Waals surface area contributed by atoms with Crippen molar-refractivity contribution in [2.24, 2.45) is 0 Å². The summed E-state index contributed by atoms with van der Waals surface area (Å²) in [6.45, 7) is 6.26. The zero-order valence-electron chi connectivity index (χ0n) is 17.8. The fourth-order valence-corrected chi connectivity index (χ4v) is 3.79. The second kappa shape index (κ2) is 10.9. The Kier molecular flexibility index (Phi) is 8.02. The summed E-state index contributed by atoms with van der Waals surface area (Å²) in [6.07, 6.45) is 6.42. The number of aromatic amines is 1. The minimum absolute atomic E-state index is 0.286. The van der Waals surface area contributed by atoms with Crippen molar-refractivity contribution >= 4 is 17.4 Å². The van der Waals surface area contributed by atoms with Crippen LogP contribution >= 0.6 is 11.8 Å². The van der Waals surface area contributed by atoms with E-state index < -0.39 is 5.76 Å². The molecule has 6 nitrogen and oxygen atoms in total. The molecule has 0 aliphatic rings. The molecule has 3 rings (SSSR count). The Hall–Kier alpha value is -2.67. The van der Waals surface area contributed by atoms with Gasteiger partial charge in [0.1, 0.15) is 5.75 Å². The lowest BCUT2D eigenvalue weighted by Crippen LogP contribution is -2.26. The Bertz CT molecular complexity index is 977. The van der Waals surface area contributed by atoms with Crippen LogP contribution in [-0.2, 0) is 0 Å². The van der Waals surface area contributed by atoms with E-state index in [1.165, 1.54) is 0 Å². The van der Waals surface area contributed by atoms with Gasteiger partial charge in [-0.25, -0.2) is 9.89 Å². The van der Waals surface area contributed by atoms with E-state index in [2.05, 4.69) is 28.9 Å². The Morgan fingerprint density at radius 2 is 1.80 bits per heavy atom. The fourth-order valence-electron chi connectivity index (χ4n) is 3.21. The van der Waals surface area contributed by atoms with E-state index in [0.29, 0.717) is 0 Å². The van der Waals surface area contributed by atoms with Gasteiger partial charge in [0, 0.05) is 18.7 Å². The first-order valence-corrected chi connectivity index (χ1v) is 11.6. The maximum absolute atomic E-state index is 11.5. The molecule has 30 heavy (non-hydrogen) atoms. The Morgan fingerprint density at radius 3 is 2.37 bits per heavy atom. The minimum atomic E-state index is -0.560. The molecule has 0 amide bonds. The number of rotatable bonds is 11. The summed E-state index contributed by atoms with van der Waals surface area (Å²) in [7, 11) is 0. The predicted octanol–water partition coefficient (Wildman–Crippen LogP) is 5.95. The molecule has 2 aromatic carbocycles. The molecule has 0 radical (unpaired) electrons. The van der Waals surface area contributed by atoms with Crippen molar-refractivity contribution in [3.8, 4) is 23.0 Å². The van der Waals surface area contributed by atoms with E-state index in [9.17, 15) is 4.79 Å². The number of thioether (sulfide) groups is 1. The third kappa shape index (κ3) is 5.48. The van der Waals surface area contributed by atoms with Gasteiger partial charge in [-0.05, 0) is 43.4 Å². The van der Waals surface area contributed by atoms with Crippen LogP contribution in [0.15, 0.2) is 56.6 Å². The van der Waals surface area contributed by atoms with Crippen LogP contribution in [0.4, 0.5) is 5.69 Å². The standard InChI is InChI=1S/C23H29N3O3S/c1-4-6-13-26(14-7-5-2)19-15-17(22-24-25-23(27)29-22)16-20(30-3)21(19)28-18-11-9-8-10-12-18/h8-12,15-16H,4-7,13-14H2,1-3H3,(H,25,27). The average molecular weight is 428 g/mol. The molecule has 3 aromatic rings. The fraction of sp³-hybridized carbons (Fsp3) is 0.391. The van der Waals surface area contributed by atoms with E-state index in [1.807, 2.05) is 48.7 Å². The molecule has 0 atom stereocenters. The van der Waals surface area contributed by atoms with Crippen molar-refractivity contribution in [1.82, 2.24) is 10.2 Å². The molecule has 160 valence electrons. The second-order valence-corrected chi connectivity index (χ2v) is 7.90. The van der Waals surface area contributed by atoms with Crippen LogP contribution in [-0.4, -0.2) is 29.5 Å². The number of hydrogen-bond donors (Lipinski definition) is 1. The van der Waals surface area contributed by atoms with E-state index in [-0.39, 0.29) is 5.89 Å². The minimum Gasteiger partial charge on any atom is -0.454 e. The molecule has 1 heterocycles. The summed E-state index contributed by atoms with van der Waals surface area (Å²) in [5.41, 5.74) is 1.75. The highest BCUT2D eigenvalue weighted by Crippen LogP contribution is 2.43. The maximum atomic E-state index is 11.5. The van der Waals surface area contributed by atoms with Crippen LogP contribution in [0, 0.1) is 0 Å². The first kappa shape index (κ1) is 22.0. The van der Waals surface area contributed by atoms with Crippen molar-refractivity contribution in [2.45, 2.75) is 44.4 Å². The predicted molar refractivity (Wildman–Crippen MR) is 123 cm³/mol. The number of aromatic nitrogens is 2. The van der Waals surface area contributed by atoms with Gasteiger partial charge in [-0.2, -0.15) is 0 Å². The van der Waals surface area contributed by atoms with Crippen molar-refractivity contribution < 1.29 is 9.15 Å². The molecule has 0 unspecified atom stereocenters. The monoisotopic (exact) mass is 427 g/mol. The van der Waals surface area contributed by atoms with Gasteiger partial charge in [-0.1, -0.05) is 44.9 Å². The SMILES string of the molecule is CCCCN(CCCC)c1cc(-c2n[nH]c(=O)o2)cc(SC)c1Oc1ccccc1. The number of anilines is 1. The lowest BCUT2D eigenvalue weighted by atomic mass is 10.1. The van der Waals surface area contributed by atoms with Crippen molar-refractivity contribution in [1.29, 1.82) is 0 Å². The molecule has 0 saturated carbocycles. The summed E-state index contributed by atoms with van der Waals surface area (Å²) < 4.78 is 11.6. The molecule has 1 N–H and O–H groups in total. The van der Waals surface area contributed by atoms with Gasteiger partial charge in [-0.3, -0.25) is 0 Å². The zero-order valence-corrected chi connectivity index (χ0v) is 18.6. The number of benzene rings is 2. The molecule has 1 aromatic heterocycles. The van der Waals surface area contributed by atoms with Gasteiger partial charge in [-0.15, -0.1) is 16.9 Å². The Balaban J connectivity index is 2.12. The van der Waals surface area contributed by atoms with Gasteiger partial charge in [0.15, 0.2) is 5.75 Å². The lowest BCUT2D eigenvalue weighted by Gasteiger charge is -2.28. The van der Waals surface area contributed by atoms with Gasteiger partial charge in [0.2, 0.25) is 5.89 Å². The molecule has 0 saturated heterocycles. The first-order chi connectivity index (χ1) is 14.7. The van der Waals surface area contributed by atoms with Crippen LogP contribution in [0.2, 0.25) is 0 Å². The van der Waals surface area contributed by atoms with Crippen LogP contribution in [0.25, 0.3) is 11.5 Å². The summed E-state index contributed by atoms with van der Waals surface area (Å²) in [5.74, 6) is 1.34. The van der Waals surface area contributed by atoms with Crippen molar-refractivity contribution in [3.05, 3.63) is 53.0 Å². The maximum Gasteiger partial charge on any atom is 0.434 e. The van der Waals surface area contributed by atoms with E-state index in [0.717, 1.165) is 66.4 Å². The third-order valence-electron chi connectivity index (χ3n) is 4.81. The number of unbranched alkanes of at least 4 members (excludes halogenated alkanes) is 2. The highest BCUT2D eigenvalue weighted by atomic mass is 32.2. The van der Waals surface area contributed by atoms with Crippen LogP contribution < -0.4 is 15.4 Å². The summed E-state index contributed by atoms with van der Waals surface area (Å²) in [4.78, 5) is 14.8. The highest BCUT2D eigenvalue weighted by Gasteiger charge is 2.20. The molecule has 7 heteroatoms. The van der Waals surface area contributed by atoms with E-state index in [1.54, 1.807) is 11.8 Å². The van der Waals surface area contributed by atoms with Crippen LogP contribution in [0.3, 0.4) is 0 Å². The topological polar surface area (TPSA) is 71.4 Å². The van der Waals surface area contributed by atoms with Crippen molar-refractivity contribution in [3.63, 3.8) is 0 Å². The normalized spacial score (nSPS) is 10.9. The number of nitrogens with zero attached hydrogens (tertiary/aromatic N) is 2. The number of ether oxygens (including phenoxy) is 1. The molecular formula is C23H29N3O3S. The number of para-hydroxylation sites is 1. The molecule has 0 spiro atoms. The van der Waals surface area contributed by atoms with Gasteiger partial charge in [0.25, 0.3) is 0 Å². The number of H-pyrrole nitrogens is 1. The van der Waals surface area contributed by atoms with Crippen LogP contribution in [0.1, 0.15) is 39.5 Å². The smallest absolute Gasteiger partial charge is 0.434 e. The Labute approximate surface area is 181 Å². The zero-order chi connectivity index (χ0) is 21.3. The molecular weight excluding hydrogens is 398 g/mol. The lowest BCUT2D eigenvalue weighted by molar-refractivity contribution is 0.468. The third-order valence-corrected chi connectivity index (χ3v) is 5.55. The highest BCUT2D eigenvalue weighted by molar-refractivity contribution is 7.98. The summed E-state index contributed by atoms with van der Waals surface area (Å²) >= 11 is 1.60. The van der Waals surface area contributed by atoms with E-state index >= 15 is 0 Å². The average Bonchev–Trinajstić information content (AvgIpc) is 3.21. The number of nitrogens with one attached hydrogen (secondary N) is 1. The van der Waals surface area contributed by atoms with Gasteiger partial charge < -0.3 is 14.1 Å². The molecule has 0 aliphatic heterocycles.